The van der Waals surface area contributed by atoms with E-state index in [0.717, 1.165) is 11.3 Å². The second-order valence-corrected chi connectivity index (χ2v) is 3.98. The average molecular weight is 226 g/mol. The average Bonchev–Trinajstić information content (AvgIpc) is 2.33. The molecule has 2 rings (SSSR count). The Labute approximate surface area is 100 Å². The minimum atomic E-state index is 0.184. The van der Waals surface area contributed by atoms with Crippen molar-refractivity contribution < 1.29 is 5.11 Å². The van der Waals surface area contributed by atoms with Gasteiger partial charge in [-0.2, -0.15) is 5.11 Å². The van der Waals surface area contributed by atoms with Gasteiger partial charge in [0.1, 0.15) is 11.4 Å². The molecule has 0 amide bonds. The third-order valence-electron chi connectivity index (χ3n) is 2.52. The molecule has 2 aromatic rings. The van der Waals surface area contributed by atoms with Gasteiger partial charge in [0, 0.05) is 0 Å². The van der Waals surface area contributed by atoms with Gasteiger partial charge in [0.05, 0.1) is 5.69 Å². The Balaban J connectivity index is 2.26. The van der Waals surface area contributed by atoms with Gasteiger partial charge < -0.3 is 5.11 Å². The second-order valence-electron chi connectivity index (χ2n) is 3.98. The highest BCUT2D eigenvalue weighted by Crippen LogP contribution is 2.30. The van der Waals surface area contributed by atoms with Crippen LogP contribution in [-0.4, -0.2) is 5.11 Å². The first kappa shape index (κ1) is 11.3. The first-order valence-electron chi connectivity index (χ1n) is 5.44. The maximum atomic E-state index is 9.77. The molecule has 2 aromatic carbocycles. The number of phenolic OH excluding ortho intramolecular Hbond substituents is 1. The van der Waals surface area contributed by atoms with Gasteiger partial charge in [0.2, 0.25) is 0 Å². The molecule has 0 unspecified atom stereocenters. The maximum absolute atomic E-state index is 9.77. The summed E-state index contributed by atoms with van der Waals surface area (Å²) >= 11 is 0. The van der Waals surface area contributed by atoms with Crippen LogP contribution in [0.5, 0.6) is 5.75 Å². The van der Waals surface area contributed by atoms with Crippen LogP contribution in [0.15, 0.2) is 52.7 Å². The molecule has 0 aliphatic rings. The molecule has 0 aromatic heterocycles. The Kier molecular flexibility index (Phi) is 3.19. The Morgan fingerprint density at radius 3 is 2.29 bits per heavy atom. The molecule has 0 atom stereocenters. The fourth-order valence-corrected chi connectivity index (χ4v) is 1.45. The zero-order valence-corrected chi connectivity index (χ0v) is 9.88. The summed E-state index contributed by atoms with van der Waals surface area (Å²) in [6, 6.07) is 13.2. The van der Waals surface area contributed by atoms with Gasteiger partial charge in [-0.25, -0.2) is 0 Å². The van der Waals surface area contributed by atoms with Gasteiger partial charge in [-0.3, -0.25) is 0 Å². The fourth-order valence-electron chi connectivity index (χ4n) is 1.45. The number of aromatic hydroxyl groups is 1. The molecule has 0 spiro atoms. The molecule has 0 saturated heterocycles. The summed E-state index contributed by atoms with van der Waals surface area (Å²) < 4.78 is 0. The van der Waals surface area contributed by atoms with E-state index in [2.05, 4.69) is 10.2 Å². The SMILES string of the molecule is Cc1ccc(N=Nc2cccc(C)c2O)cc1. The quantitative estimate of drug-likeness (QED) is 0.756. The van der Waals surface area contributed by atoms with Crippen LogP contribution in [0.2, 0.25) is 0 Å². The Morgan fingerprint density at radius 2 is 1.59 bits per heavy atom. The van der Waals surface area contributed by atoms with Crippen molar-refractivity contribution in [1.82, 2.24) is 0 Å². The minimum Gasteiger partial charge on any atom is -0.505 e. The minimum absolute atomic E-state index is 0.184. The zero-order valence-electron chi connectivity index (χ0n) is 9.88. The summed E-state index contributed by atoms with van der Waals surface area (Å²) in [7, 11) is 0. The van der Waals surface area contributed by atoms with Crippen LogP contribution in [0.25, 0.3) is 0 Å². The number of hydrogen-bond donors (Lipinski definition) is 1. The lowest BCUT2D eigenvalue weighted by Gasteiger charge is -2.00. The van der Waals surface area contributed by atoms with Crippen LogP contribution >= 0.6 is 0 Å². The number of azo groups is 1. The molecule has 0 saturated carbocycles. The van der Waals surface area contributed by atoms with E-state index >= 15 is 0 Å². The van der Waals surface area contributed by atoms with Gasteiger partial charge in [-0.1, -0.05) is 29.8 Å². The van der Waals surface area contributed by atoms with Crippen LogP contribution < -0.4 is 0 Å². The van der Waals surface area contributed by atoms with Crippen molar-refractivity contribution in [1.29, 1.82) is 0 Å². The largest absolute Gasteiger partial charge is 0.505 e. The Bertz CT molecular complexity index is 545. The first-order valence-corrected chi connectivity index (χ1v) is 5.44. The highest BCUT2D eigenvalue weighted by molar-refractivity contribution is 5.54. The molecule has 17 heavy (non-hydrogen) atoms. The molecule has 0 heterocycles. The summed E-state index contributed by atoms with van der Waals surface area (Å²) in [4.78, 5) is 0. The van der Waals surface area contributed by atoms with Crippen LogP contribution in [0, 0.1) is 13.8 Å². The third-order valence-corrected chi connectivity index (χ3v) is 2.52. The monoisotopic (exact) mass is 226 g/mol. The summed E-state index contributed by atoms with van der Waals surface area (Å²) in [5.41, 5.74) is 3.25. The van der Waals surface area contributed by atoms with E-state index in [-0.39, 0.29) is 5.75 Å². The van der Waals surface area contributed by atoms with Gasteiger partial charge in [-0.15, -0.1) is 5.11 Å². The van der Waals surface area contributed by atoms with Gasteiger partial charge in [0.25, 0.3) is 0 Å². The highest BCUT2D eigenvalue weighted by atomic mass is 16.3. The second kappa shape index (κ2) is 4.78. The van der Waals surface area contributed by atoms with Crippen molar-refractivity contribution in [3.8, 4) is 5.75 Å². The number of para-hydroxylation sites is 1. The van der Waals surface area contributed by atoms with Crippen molar-refractivity contribution in [2.45, 2.75) is 13.8 Å². The lowest BCUT2D eigenvalue weighted by molar-refractivity contribution is 0.472. The number of benzene rings is 2. The van der Waals surface area contributed by atoms with E-state index in [1.807, 2.05) is 50.2 Å². The molecular formula is C14H14N2O. The normalized spacial score (nSPS) is 10.9. The molecular weight excluding hydrogens is 212 g/mol. The predicted octanol–water partition coefficient (Wildman–Crippen LogP) is 4.42. The van der Waals surface area contributed by atoms with Gasteiger partial charge in [-0.05, 0) is 37.6 Å². The molecule has 3 nitrogen and oxygen atoms in total. The Morgan fingerprint density at radius 1 is 0.882 bits per heavy atom. The molecule has 3 heteroatoms. The predicted molar refractivity (Wildman–Crippen MR) is 68.2 cm³/mol. The lowest BCUT2D eigenvalue weighted by atomic mass is 10.2. The molecule has 86 valence electrons. The van der Waals surface area contributed by atoms with Crippen molar-refractivity contribution in [2.24, 2.45) is 10.2 Å². The smallest absolute Gasteiger partial charge is 0.145 e. The molecule has 0 aliphatic heterocycles. The van der Waals surface area contributed by atoms with E-state index in [9.17, 15) is 5.11 Å². The van der Waals surface area contributed by atoms with Crippen molar-refractivity contribution in [2.75, 3.05) is 0 Å². The zero-order chi connectivity index (χ0) is 12.3. The number of nitrogens with zero attached hydrogens (tertiary/aromatic N) is 2. The molecule has 0 aliphatic carbocycles. The maximum Gasteiger partial charge on any atom is 0.145 e. The van der Waals surface area contributed by atoms with Gasteiger partial charge in [0.15, 0.2) is 0 Å². The number of rotatable bonds is 2. The number of hydrogen-bond acceptors (Lipinski definition) is 3. The van der Waals surface area contributed by atoms with Crippen LogP contribution in [-0.2, 0) is 0 Å². The molecule has 1 N–H and O–H groups in total. The van der Waals surface area contributed by atoms with Crippen molar-refractivity contribution >= 4 is 11.4 Å². The van der Waals surface area contributed by atoms with E-state index in [0.29, 0.717) is 5.69 Å². The number of phenols is 1. The molecule has 0 bridgehead atoms. The third kappa shape index (κ3) is 2.69. The van der Waals surface area contributed by atoms with Crippen molar-refractivity contribution in [3.63, 3.8) is 0 Å². The fraction of sp³-hybridized carbons (Fsp3) is 0.143. The molecule has 0 radical (unpaired) electrons. The van der Waals surface area contributed by atoms with Crippen molar-refractivity contribution in [3.05, 3.63) is 53.6 Å². The Hall–Kier alpha value is -2.16. The summed E-state index contributed by atoms with van der Waals surface area (Å²) in [6.45, 7) is 3.85. The van der Waals surface area contributed by atoms with E-state index in [1.54, 1.807) is 6.07 Å². The van der Waals surface area contributed by atoms with Crippen LogP contribution in [0.3, 0.4) is 0 Å². The highest BCUT2D eigenvalue weighted by Gasteiger charge is 2.01. The van der Waals surface area contributed by atoms with E-state index in [1.165, 1.54) is 5.56 Å². The summed E-state index contributed by atoms with van der Waals surface area (Å²) in [6.07, 6.45) is 0. The topological polar surface area (TPSA) is 45.0 Å². The first-order chi connectivity index (χ1) is 8.16. The van der Waals surface area contributed by atoms with Crippen LogP contribution in [0.1, 0.15) is 11.1 Å². The van der Waals surface area contributed by atoms with Gasteiger partial charge >= 0.3 is 0 Å². The number of aryl methyl sites for hydroxylation is 2. The lowest BCUT2D eigenvalue weighted by Crippen LogP contribution is -1.74. The van der Waals surface area contributed by atoms with E-state index in [4.69, 9.17) is 0 Å². The standard InChI is InChI=1S/C14H14N2O/c1-10-6-8-12(9-7-10)15-16-13-5-3-4-11(2)14(13)17/h3-9,17H,1-2H3. The summed E-state index contributed by atoms with van der Waals surface area (Å²) in [5.74, 6) is 0.184. The van der Waals surface area contributed by atoms with E-state index < -0.39 is 0 Å². The summed E-state index contributed by atoms with van der Waals surface area (Å²) in [5, 5.41) is 17.9. The molecule has 0 fully saturated rings. The van der Waals surface area contributed by atoms with Crippen LogP contribution in [0.4, 0.5) is 11.4 Å².